The molecule has 0 aliphatic carbocycles. The number of nitrogens with zero attached hydrogens (tertiary/aromatic N) is 2. The largest absolute Gasteiger partial charge is 0.343 e. The SMILES string of the molecule is Cc1ccc(Nc2nc(-c3ccccc3)nc3[nH]c(C)cc23)cc1. The van der Waals surface area contributed by atoms with Crippen molar-refractivity contribution in [3.63, 3.8) is 0 Å². The minimum atomic E-state index is 0.708. The number of hydrogen-bond acceptors (Lipinski definition) is 3. The molecule has 0 aliphatic heterocycles. The van der Waals surface area contributed by atoms with Crippen LogP contribution in [-0.4, -0.2) is 15.0 Å². The normalized spacial score (nSPS) is 10.9. The van der Waals surface area contributed by atoms with Gasteiger partial charge in [-0.25, -0.2) is 9.97 Å². The van der Waals surface area contributed by atoms with Crippen molar-refractivity contribution in [1.29, 1.82) is 0 Å². The summed E-state index contributed by atoms with van der Waals surface area (Å²) in [4.78, 5) is 12.7. The molecule has 118 valence electrons. The maximum atomic E-state index is 4.76. The number of aromatic nitrogens is 3. The molecule has 0 aliphatic rings. The molecule has 4 aromatic rings. The Morgan fingerprint density at radius 2 is 1.62 bits per heavy atom. The zero-order valence-electron chi connectivity index (χ0n) is 13.7. The number of H-pyrrole nitrogens is 1. The second kappa shape index (κ2) is 5.81. The highest BCUT2D eigenvalue weighted by molar-refractivity contribution is 5.91. The van der Waals surface area contributed by atoms with Gasteiger partial charge in [-0.2, -0.15) is 0 Å². The monoisotopic (exact) mass is 314 g/mol. The molecular weight excluding hydrogens is 296 g/mol. The predicted molar refractivity (Wildman–Crippen MR) is 98.5 cm³/mol. The number of benzene rings is 2. The van der Waals surface area contributed by atoms with E-state index in [2.05, 4.69) is 52.5 Å². The van der Waals surface area contributed by atoms with E-state index in [1.807, 2.05) is 37.3 Å². The van der Waals surface area contributed by atoms with Crippen LogP contribution in [0.25, 0.3) is 22.4 Å². The van der Waals surface area contributed by atoms with Crippen LogP contribution in [0, 0.1) is 13.8 Å². The van der Waals surface area contributed by atoms with Crippen molar-refractivity contribution in [3.8, 4) is 11.4 Å². The van der Waals surface area contributed by atoms with Crippen molar-refractivity contribution in [1.82, 2.24) is 15.0 Å². The van der Waals surface area contributed by atoms with Crippen LogP contribution in [0.4, 0.5) is 11.5 Å². The van der Waals surface area contributed by atoms with E-state index in [0.717, 1.165) is 33.8 Å². The Hall–Kier alpha value is -3.14. The molecule has 4 rings (SSSR count). The molecule has 0 atom stereocenters. The van der Waals surface area contributed by atoms with Gasteiger partial charge in [-0.1, -0.05) is 48.0 Å². The van der Waals surface area contributed by atoms with Crippen LogP contribution in [0.15, 0.2) is 60.7 Å². The van der Waals surface area contributed by atoms with Gasteiger partial charge in [0.15, 0.2) is 5.82 Å². The lowest BCUT2D eigenvalue weighted by molar-refractivity contribution is 1.19. The molecule has 0 fully saturated rings. The van der Waals surface area contributed by atoms with E-state index in [1.54, 1.807) is 0 Å². The number of anilines is 2. The first-order valence-electron chi connectivity index (χ1n) is 7.95. The van der Waals surface area contributed by atoms with Gasteiger partial charge >= 0.3 is 0 Å². The Bertz CT molecular complexity index is 986. The van der Waals surface area contributed by atoms with Crippen LogP contribution >= 0.6 is 0 Å². The molecule has 0 spiro atoms. The summed E-state index contributed by atoms with van der Waals surface area (Å²) in [6, 6.07) is 20.4. The molecule has 0 saturated carbocycles. The molecule has 2 aromatic carbocycles. The fraction of sp³-hybridized carbons (Fsp3) is 0.100. The highest BCUT2D eigenvalue weighted by Crippen LogP contribution is 2.27. The lowest BCUT2D eigenvalue weighted by atomic mass is 10.2. The van der Waals surface area contributed by atoms with E-state index in [-0.39, 0.29) is 0 Å². The van der Waals surface area contributed by atoms with Crippen LogP contribution in [0.1, 0.15) is 11.3 Å². The van der Waals surface area contributed by atoms with Gasteiger partial charge in [0.2, 0.25) is 0 Å². The van der Waals surface area contributed by atoms with Crippen LogP contribution in [-0.2, 0) is 0 Å². The first-order chi connectivity index (χ1) is 11.7. The summed E-state index contributed by atoms with van der Waals surface area (Å²) in [5.41, 5.74) is 5.15. The average Bonchev–Trinajstić information content (AvgIpc) is 2.98. The number of hydrogen-bond donors (Lipinski definition) is 2. The van der Waals surface area contributed by atoms with Crippen LogP contribution in [0.3, 0.4) is 0 Å². The van der Waals surface area contributed by atoms with Gasteiger partial charge in [0, 0.05) is 16.9 Å². The van der Waals surface area contributed by atoms with Gasteiger partial charge in [0.05, 0.1) is 5.39 Å². The average molecular weight is 314 g/mol. The van der Waals surface area contributed by atoms with Gasteiger partial charge in [-0.3, -0.25) is 0 Å². The van der Waals surface area contributed by atoms with Crippen molar-refractivity contribution in [3.05, 3.63) is 71.9 Å². The van der Waals surface area contributed by atoms with Crippen molar-refractivity contribution in [2.45, 2.75) is 13.8 Å². The van der Waals surface area contributed by atoms with Crippen molar-refractivity contribution >= 4 is 22.5 Å². The Morgan fingerprint density at radius 3 is 2.38 bits per heavy atom. The van der Waals surface area contributed by atoms with Gasteiger partial charge in [0.25, 0.3) is 0 Å². The Labute approximate surface area is 140 Å². The number of aryl methyl sites for hydroxylation is 2. The third-order valence-electron chi connectivity index (χ3n) is 3.97. The molecule has 2 heterocycles. The zero-order chi connectivity index (χ0) is 16.5. The molecule has 2 aromatic heterocycles. The van der Waals surface area contributed by atoms with E-state index < -0.39 is 0 Å². The smallest absolute Gasteiger partial charge is 0.163 e. The third kappa shape index (κ3) is 2.74. The Kier molecular flexibility index (Phi) is 3.50. The molecule has 0 bridgehead atoms. The molecule has 2 N–H and O–H groups in total. The summed E-state index contributed by atoms with van der Waals surface area (Å²) in [5, 5.41) is 4.42. The summed E-state index contributed by atoms with van der Waals surface area (Å²) < 4.78 is 0. The lowest BCUT2D eigenvalue weighted by Gasteiger charge is -2.09. The van der Waals surface area contributed by atoms with Gasteiger partial charge in [-0.15, -0.1) is 0 Å². The quantitative estimate of drug-likeness (QED) is 0.560. The predicted octanol–water partition coefficient (Wildman–Crippen LogP) is 4.99. The molecule has 0 unspecified atom stereocenters. The van der Waals surface area contributed by atoms with Gasteiger partial charge < -0.3 is 10.3 Å². The summed E-state index contributed by atoms with van der Waals surface area (Å²) in [6.07, 6.45) is 0. The van der Waals surface area contributed by atoms with Crippen molar-refractivity contribution < 1.29 is 0 Å². The summed E-state index contributed by atoms with van der Waals surface area (Å²) in [7, 11) is 0. The van der Waals surface area contributed by atoms with Crippen molar-refractivity contribution in [2.24, 2.45) is 0 Å². The van der Waals surface area contributed by atoms with Crippen molar-refractivity contribution in [2.75, 3.05) is 5.32 Å². The maximum absolute atomic E-state index is 4.76. The molecule has 4 nitrogen and oxygen atoms in total. The number of rotatable bonds is 3. The highest BCUT2D eigenvalue weighted by Gasteiger charge is 2.11. The number of aromatic amines is 1. The molecule has 0 saturated heterocycles. The molecule has 24 heavy (non-hydrogen) atoms. The van der Waals surface area contributed by atoms with E-state index in [1.165, 1.54) is 5.56 Å². The first-order valence-corrected chi connectivity index (χ1v) is 7.95. The minimum Gasteiger partial charge on any atom is -0.343 e. The van der Waals surface area contributed by atoms with Gasteiger partial charge in [-0.05, 0) is 32.0 Å². The summed E-state index contributed by atoms with van der Waals surface area (Å²) >= 11 is 0. The fourth-order valence-electron chi connectivity index (χ4n) is 2.73. The molecule has 0 radical (unpaired) electrons. The Balaban J connectivity index is 1.84. The summed E-state index contributed by atoms with van der Waals surface area (Å²) in [6.45, 7) is 4.11. The molecule has 4 heteroatoms. The van der Waals surface area contributed by atoms with E-state index in [9.17, 15) is 0 Å². The minimum absolute atomic E-state index is 0.708. The number of fused-ring (bicyclic) bond motifs is 1. The van der Waals surface area contributed by atoms with Crippen LogP contribution < -0.4 is 5.32 Å². The zero-order valence-corrected chi connectivity index (χ0v) is 13.7. The topological polar surface area (TPSA) is 53.6 Å². The maximum Gasteiger partial charge on any atom is 0.163 e. The van der Waals surface area contributed by atoms with Crippen LogP contribution in [0.2, 0.25) is 0 Å². The summed E-state index contributed by atoms with van der Waals surface area (Å²) in [5.74, 6) is 1.52. The molecular formula is C20H18N4. The second-order valence-electron chi connectivity index (χ2n) is 5.97. The molecule has 0 amide bonds. The lowest BCUT2D eigenvalue weighted by Crippen LogP contribution is -1.98. The standard InChI is InChI=1S/C20H18N4/c1-13-8-10-16(11-9-13)22-20-17-12-14(2)21-19(17)23-18(24-20)15-6-4-3-5-7-15/h3-12H,1-2H3,(H2,21,22,23,24). The fourth-order valence-corrected chi connectivity index (χ4v) is 2.73. The number of nitrogens with one attached hydrogen (secondary N) is 2. The van der Waals surface area contributed by atoms with E-state index in [0.29, 0.717) is 5.82 Å². The van der Waals surface area contributed by atoms with Gasteiger partial charge in [0.1, 0.15) is 11.5 Å². The highest BCUT2D eigenvalue weighted by atomic mass is 15.1. The van der Waals surface area contributed by atoms with E-state index >= 15 is 0 Å². The first kappa shape index (κ1) is 14.5. The third-order valence-corrected chi connectivity index (χ3v) is 3.97. The van der Waals surface area contributed by atoms with E-state index in [4.69, 9.17) is 4.98 Å². The Morgan fingerprint density at radius 1 is 0.875 bits per heavy atom. The second-order valence-corrected chi connectivity index (χ2v) is 5.97. The van der Waals surface area contributed by atoms with Crippen LogP contribution in [0.5, 0.6) is 0 Å².